The minimum Gasteiger partial charge on any atom is -0.461 e. The number of ether oxygens (including phenoxy) is 1. The predicted octanol–water partition coefficient (Wildman–Crippen LogP) is 4.72. The lowest BCUT2D eigenvalue weighted by Gasteiger charge is -2.04. The van der Waals surface area contributed by atoms with Crippen molar-refractivity contribution in [1.82, 2.24) is 9.97 Å². The summed E-state index contributed by atoms with van der Waals surface area (Å²) in [5, 5.41) is 0.981. The third-order valence-electron chi connectivity index (χ3n) is 3.42. The molecule has 0 radical (unpaired) electrons. The van der Waals surface area contributed by atoms with Crippen molar-refractivity contribution in [2.24, 2.45) is 0 Å². The van der Waals surface area contributed by atoms with Crippen molar-refractivity contribution < 1.29 is 13.9 Å². The van der Waals surface area contributed by atoms with Crippen molar-refractivity contribution >= 4 is 29.2 Å². The number of oxazole rings is 1. The number of hydrogen-bond donors (Lipinski definition) is 0. The van der Waals surface area contributed by atoms with Crippen molar-refractivity contribution in [1.29, 1.82) is 0 Å². The first-order valence-corrected chi connectivity index (χ1v) is 8.33. The fourth-order valence-corrected chi connectivity index (χ4v) is 2.49. The smallest absolute Gasteiger partial charge is 0.306 e. The molecule has 0 amide bonds. The monoisotopic (exact) mass is 376 g/mol. The van der Waals surface area contributed by atoms with Gasteiger partial charge >= 0.3 is 5.97 Å². The highest BCUT2D eigenvalue weighted by atomic mass is 35.5. The quantitative estimate of drug-likeness (QED) is 0.459. The molecule has 0 bridgehead atoms. The molecule has 0 saturated carbocycles. The average Bonchev–Trinajstić information content (AvgIpc) is 3.08. The second kappa shape index (κ2) is 8.14. The molecule has 128 valence electrons. The van der Waals surface area contributed by atoms with E-state index in [1.54, 1.807) is 30.6 Å². The molecule has 3 rings (SSSR count). The van der Waals surface area contributed by atoms with Crippen molar-refractivity contribution in [3.63, 3.8) is 0 Å². The topological polar surface area (TPSA) is 65.2 Å². The molecule has 0 unspecified atom stereocenters. The molecule has 0 N–H and O–H groups in total. The largest absolute Gasteiger partial charge is 0.461 e. The van der Waals surface area contributed by atoms with Gasteiger partial charge in [-0.2, -0.15) is 0 Å². The Labute approximate surface area is 154 Å². The summed E-state index contributed by atoms with van der Waals surface area (Å²) in [6.07, 6.45) is 3.69. The Morgan fingerprint density at radius 1 is 1.08 bits per heavy atom. The van der Waals surface area contributed by atoms with Gasteiger partial charge in [-0.25, -0.2) is 9.97 Å². The number of aryl methyl sites for hydroxylation is 1. The molecule has 0 aliphatic rings. The maximum absolute atomic E-state index is 11.8. The Balaban J connectivity index is 1.51. The van der Waals surface area contributed by atoms with Crippen molar-refractivity contribution in [2.75, 3.05) is 0 Å². The van der Waals surface area contributed by atoms with E-state index >= 15 is 0 Å². The summed E-state index contributed by atoms with van der Waals surface area (Å²) in [6, 6.07) is 10.7. The summed E-state index contributed by atoms with van der Waals surface area (Å²) in [4.78, 5) is 19.9. The number of aromatic nitrogens is 2. The lowest BCUT2D eigenvalue weighted by atomic mass is 10.2. The van der Waals surface area contributed by atoms with Crippen LogP contribution >= 0.6 is 23.2 Å². The summed E-state index contributed by atoms with van der Waals surface area (Å²) >= 11 is 11.8. The lowest BCUT2D eigenvalue weighted by molar-refractivity contribution is -0.145. The first kappa shape index (κ1) is 17.5. The average molecular weight is 377 g/mol. The highest BCUT2D eigenvalue weighted by Crippen LogP contribution is 2.28. The molecular weight excluding hydrogens is 363 g/mol. The van der Waals surface area contributed by atoms with Crippen LogP contribution in [-0.4, -0.2) is 15.9 Å². The first-order valence-electron chi connectivity index (χ1n) is 7.57. The van der Waals surface area contributed by atoms with Crippen LogP contribution in [0.4, 0.5) is 0 Å². The van der Waals surface area contributed by atoms with Gasteiger partial charge in [-0.15, -0.1) is 0 Å². The van der Waals surface area contributed by atoms with Gasteiger partial charge in [0.25, 0.3) is 0 Å². The second-order valence-corrected chi connectivity index (χ2v) is 6.04. The van der Waals surface area contributed by atoms with Crippen LogP contribution in [0.5, 0.6) is 0 Å². The van der Waals surface area contributed by atoms with Gasteiger partial charge in [0.05, 0.1) is 17.6 Å². The number of benzene rings is 1. The Bertz CT molecular complexity index is 863. The highest BCUT2D eigenvalue weighted by molar-refractivity contribution is 6.33. The van der Waals surface area contributed by atoms with Crippen LogP contribution < -0.4 is 0 Å². The zero-order chi connectivity index (χ0) is 17.6. The van der Waals surface area contributed by atoms with Gasteiger partial charge in [-0.1, -0.05) is 41.4 Å². The summed E-state index contributed by atoms with van der Waals surface area (Å²) in [7, 11) is 0. The van der Waals surface area contributed by atoms with Crippen LogP contribution in [-0.2, 0) is 22.6 Å². The Hall–Kier alpha value is -2.37. The van der Waals surface area contributed by atoms with E-state index in [1.807, 2.05) is 18.2 Å². The molecule has 1 aromatic carbocycles. The maximum Gasteiger partial charge on any atom is 0.306 e. The fourth-order valence-electron chi connectivity index (χ4n) is 2.15. The number of pyridine rings is 1. The summed E-state index contributed by atoms with van der Waals surface area (Å²) in [6.45, 7) is 0.152. The van der Waals surface area contributed by atoms with E-state index in [1.165, 1.54) is 0 Å². The van der Waals surface area contributed by atoms with Crippen LogP contribution in [0.1, 0.15) is 17.9 Å². The van der Waals surface area contributed by atoms with Gasteiger partial charge in [0, 0.05) is 23.7 Å². The molecule has 0 atom stereocenters. The predicted molar refractivity (Wildman–Crippen MR) is 94.3 cm³/mol. The molecule has 0 spiro atoms. The van der Waals surface area contributed by atoms with Crippen LogP contribution in [0.2, 0.25) is 10.2 Å². The first-order chi connectivity index (χ1) is 12.1. The van der Waals surface area contributed by atoms with E-state index in [0.717, 1.165) is 11.1 Å². The van der Waals surface area contributed by atoms with Gasteiger partial charge in [-0.05, 0) is 18.2 Å². The lowest BCUT2D eigenvalue weighted by Crippen LogP contribution is -2.06. The number of esters is 1. The standard InChI is InChI=1S/C18H14Cl2N2O3/c19-14-4-2-1-3-13(14)15-10-22-17(25-15)7-8-18(23)24-11-12-5-6-16(20)21-9-12/h1-6,9-10H,7-8,11H2. The Morgan fingerprint density at radius 2 is 1.92 bits per heavy atom. The molecule has 7 heteroatoms. The van der Waals surface area contributed by atoms with E-state index < -0.39 is 0 Å². The highest BCUT2D eigenvalue weighted by Gasteiger charge is 2.11. The van der Waals surface area contributed by atoms with E-state index in [2.05, 4.69) is 9.97 Å². The minimum absolute atomic E-state index is 0.152. The van der Waals surface area contributed by atoms with Crippen molar-refractivity contribution in [2.45, 2.75) is 19.4 Å². The van der Waals surface area contributed by atoms with Crippen LogP contribution in [0.3, 0.4) is 0 Å². The van der Waals surface area contributed by atoms with Gasteiger partial charge in [-0.3, -0.25) is 4.79 Å². The molecule has 0 aliphatic heterocycles. The molecule has 0 fully saturated rings. The number of carbonyl (C=O) groups is 1. The summed E-state index contributed by atoms with van der Waals surface area (Å²) in [5.41, 5.74) is 1.54. The van der Waals surface area contributed by atoms with E-state index in [9.17, 15) is 4.79 Å². The summed E-state index contributed by atoms with van der Waals surface area (Å²) < 4.78 is 10.8. The molecule has 5 nitrogen and oxygen atoms in total. The van der Waals surface area contributed by atoms with Crippen molar-refractivity contribution in [3.8, 4) is 11.3 Å². The number of hydrogen-bond acceptors (Lipinski definition) is 5. The fraction of sp³-hybridized carbons (Fsp3) is 0.167. The van der Waals surface area contributed by atoms with Gasteiger partial charge in [0.1, 0.15) is 11.8 Å². The molecule has 0 aliphatic carbocycles. The molecule has 3 aromatic rings. The normalized spacial score (nSPS) is 10.6. The minimum atomic E-state index is -0.340. The van der Waals surface area contributed by atoms with E-state index in [0.29, 0.717) is 28.2 Å². The van der Waals surface area contributed by atoms with Gasteiger partial charge in [0.2, 0.25) is 0 Å². The molecular formula is C18H14Cl2N2O3. The number of halogens is 2. The van der Waals surface area contributed by atoms with E-state index in [-0.39, 0.29) is 19.0 Å². The van der Waals surface area contributed by atoms with Crippen LogP contribution in [0.15, 0.2) is 53.2 Å². The SMILES string of the molecule is O=C(CCc1ncc(-c2ccccc2Cl)o1)OCc1ccc(Cl)nc1. The van der Waals surface area contributed by atoms with Crippen LogP contribution in [0, 0.1) is 0 Å². The zero-order valence-electron chi connectivity index (χ0n) is 13.1. The third-order valence-corrected chi connectivity index (χ3v) is 3.98. The number of carbonyl (C=O) groups excluding carboxylic acids is 1. The molecule has 0 saturated heterocycles. The maximum atomic E-state index is 11.8. The molecule has 2 aromatic heterocycles. The second-order valence-electron chi connectivity index (χ2n) is 5.25. The molecule has 2 heterocycles. The number of rotatable bonds is 6. The van der Waals surface area contributed by atoms with Gasteiger partial charge in [0.15, 0.2) is 11.7 Å². The Kier molecular flexibility index (Phi) is 5.68. The summed E-state index contributed by atoms with van der Waals surface area (Å²) in [5.74, 6) is 0.689. The van der Waals surface area contributed by atoms with E-state index in [4.69, 9.17) is 32.4 Å². The van der Waals surface area contributed by atoms with Crippen molar-refractivity contribution in [3.05, 3.63) is 70.4 Å². The van der Waals surface area contributed by atoms with Gasteiger partial charge < -0.3 is 9.15 Å². The molecule has 25 heavy (non-hydrogen) atoms. The third kappa shape index (κ3) is 4.81. The number of nitrogens with zero attached hydrogens (tertiary/aromatic N) is 2. The Morgan fingerprint density at radius 3 is 2.68 bits per heavy atom. The van der Waals surface area contributed by atoms with Crippen LogP contribution in [0.25, 0.3) is 11.3 Å². The zero-order valence-corrected chi connectivity index (χ0v) is 14.6.